The van der Waals surface area contributed by atoms with Gasteiger partial charge in [0.1, 0.15) is 10.6 Å². The number of hydrogen-bond donors (Lipinski definition) is 1. The lowest BCUT2D eigenvalue weighted by Gasteiger charge is -2.13. The first kappa shape index (κ1) is 15.6. The highest BCUT2D eigenvalue weighted by Gasteiger charge is 2.12. The molecule has 0 bridgehead atoms. The zero-order valence-corrected chi connectivity index (χ0v) is 12.5. The van der Waals surface area contributed by atoms with Crippen LogP contribution in [-0.4, -0.2) is 21.3 Å². The molecule has 1 N–H and O–H groups in total. The van der Waals surface area contributed by atoms with Gasteiger partial charge in [0.05, 0.1) is 24.4 Å². The Morgan fingerprint density at radius 2 is 2.00 bits per heavy atom. The predicted octanol–water partition coefficient (Wildman–Crippen LogP) is 2.79. The molecule has 0 saturated carbocycles. The first-order valence-electron chi connectivity index (χ1n) is 6.70. The molecule has 0 fully saturated rings. The number of hydrogen-bond acceptors (Lipinski definition) is 5. The Morgan fingerprint density at radius 1 is 1.26 bits per heavy atom. The lowest BCUT2D eigenvalue weighted by atomic mass is 10.1. The van der Waals surface area contributed by atoms with Gasteiger partial charge in [0, 0.05) is 0 Å². The molecule has 8 heteroatoms. The van der Waals surface area contributed by atoms with E-state index in [0.29, 0.717) is 15.8 Å². The molecule has 0 aliphatic heterocycles. The van der Waals surface area contributed by atoms with E-state index in [1.54, 1.807) is 11.4 Å². The van der Waals surface area contributed by atoms with Crippen LogP contribution in [0.5, 0.6) is 5.75 Å². The topological polar surface area (TPSA) is 64.4 Å². The second-order valence-corrected chi connectivity index (χ2v) is 5.70. The van der Waals surface area contributed by atoms with Crippen LogP contribution in [-0.2, 0) is 6.54 Å². The van der Waals surface area contributed by atoms with Gasteiger partial charge in [0.15, 0.2) is 0 Å². The maximum Gasteiger partial charge on any atom is 0.387 e. The number of ether oxygens (including phenoxy) is 1. The van der Waals surface area contributed by atoms with Gasteiger partial charge >= 0.3 is 6.61 Å². The summed E-state index contributed by atoms with van der Waals surface area (Å²) in [5.41, 5.74) is 0.261. The summed E-state index contributed by atoms with van der Waals surface area (Å²) in [6.45, 7) is -2.88. The molecule has 1 atom stereocenters. The van der Waals surface area contributed by atoms with Gasteiger partial charge in [0.2, 0.25) is 0 Å². The molecule has 120 valence electrons. The number of aromatic nitrogens is 2. The molecule has 0 aliphatic carbocycles. The van der Waals surface area contributed by atoms with Crippen LogP contribution in [0.2, 0.25) is 0 Å². The number of aliphatic hydroxyl groups is 1. The minimum absolute atomic E-state index is 0.00877. The van der Waals surface area contributed by atoms with Crippen molar-refractivity contribution in [2.45, 2.75) is 19.3 Å². The quantitative estimate of drug-likeness (QED) is 0.777. The Morgan fingerprint density at radius 3 is 2.70 bits per heavy atom. The van der Waals surface area contributed by atoms with Crippen molar-refractivity contribution >= 4 is 21.6 Å². The van der Waals surface area contributed by atoms with E-state index in [9.17, 15) is 18.7 Å². The van der Waals surface area contributed by atoms with E-state index in [0.717, 1.165) is 0 Å². The molecule has 5 nitrogen and oxygen atoms in total. The Balaban J connectivity index is 1.78. The van der Waals surface area contributed by atoms with Crippen molar-refractivity contribution < 1.29 is 18.6 Å². The van der Waals surface area contributed by atoms with Crippen molar-refractivity contribution in [3.8, 4) is 5.75 Å². The van der Waals surface area contributed by atoms with E-state index in [-0.39, 0.29) is 17.9 Å². The highest BCUT2D eigenvalue weighted by Crippen LogP contribution is 2.20. The van der Waals surface area contributed by atoms with Crippen molar-refractivity contribution in [3.63, 3.8) is 0 Å². The van der Waals surface area contributed by atoms with Crippen molar-refractivity contribution in [2.75, 3.05) is 0 Å². The molecule has 1 unspecified atom stereocenters. The third-order valence-corrected chi connectivity index (χ3v) is 4.13. The molecule has 3 rings (SSSR count). The Labute approximate surface area is 133 Å². The molecule has 0 spiro atoms. The number of alkyl halides is 2. The maximum absolute atomic E-state index is 12.2. The van der Waals surface area contributed by atoms with Crippen LogP contribution in [0, 0.1) is 0 Å². The van der Waals surface area contributed by atoms with Crippen LogP contribution in [0.15, 0.2) is 46.8 Å². The predicted molar refractivity (Wildman–Crippen MR) is 81.9 cm³/mol. The molecule has 2 heterocycles. The molecule has 23 heavy (non-hydrogen) atoms. The van der Waals surface area contributed by atoms with Crippen LogP contribution in [0.3, 0.4) is 0 Å². The monoisotopic (exact) mass is 338 g/mol. The SMILES string of the molecule is O=c1c2ccsc2ncn1CC(O)c1ccc(OC(F)F)cc1. The third kappa shape index (κ3) is 3.38. The highest BCUT2D eigenvalue weighted by molar-refractivity contribution is 7.16. The Kier molecular flexibility index (Phi) is 4.35. The lowest BCUT2D eigenvalue weighted by molar-refractivity contribution is -0.0498. The van der Waals surface area contributed by atoms with Crippen molar-refractivity contribution in [3.05, 3.63) is 58.0 Å². The molecular formula is C15H12F2N2O3S. The largest absolute Gasteiger partial charge is 0.435 e. The number of fused-ring (bicyclic) bond motifs is 1. The summed E-state index contributed by atoms with van der Waals surface area (Å²) >= 11 is 1.37. The second-order valence-electron chi connectivity index (χ2n) is 4.80. The van der Waals surface area contributed by atoms with E-state index in [1.807, 2.05) is 0 Å². The van der Waals surface area contributed by atoms with Gasteiger partial charge in [-0.2, -0.15) is 8.78 Å². The number of thiophene rings is 1. The first-order valence-corrected chi connectivity index (χ1v) is 7.58. The highest BCUT2D eigenvalue weighted by atomic mass is 32.1. The van der Waals surface area contributed by atoms with Gasteiger partial charge < -0.3 is 9.84 Å². The standard InChI is InChI=1S/C15H12F2N2O3S/c16-15(17)22-10-3-1-9(2-4-10)12(20)7-19-8-18-13-11(14(19)21)5-6-23-13/h1-6,8,12,15,20H,7H2. The van der Waals surface area contributed by atoms with E-state index < -0.39 is 12.7 Å². The van der Waals surface area contributed by atoms with Gasteiger partial charge in [-0.1, -0.05) is 12.1 Å². The summed E-state index contributed by atoms with van der Waals surface area (Å²) in [5, 5.41) is 12.5. The summed E-state index contributed by atoms with van der Waals surface area (Å²) in [5.74, 6) is 0.00877. The van der Waals surface area contributed by atoms with Gasteiger partial charge in [-0.05, 0) is 29.1 Å². The van der Waals surface area contributed by atoms with Gasteiger partial charge in [-0.3, -0.25) is 9.36 Å². The Hall–Kier alpha value is -2.32. The van der Waals surface area contributed by atoms with Crippen molar-refractivity contribution in [2.24, 2.45) is 0 Å². The maximum atomic E-state index is 12.2. The average molecular weight is 338 g/mol. The van der Waals surface area contributed by atoms with Crippen LogP contribution in [0.25, 0.3) is 10.2 Å². The number of rotatable bonds is 5. The van der Waals surface area contributed by atoms with Crippen LogP contribution in [0.1, 0.15) is 11.7 Å². The molecule has 0 saturated heterocycles. The fraction of sp³-hybridized carbons (Fsp3) is 0.200. The van der Waals surface area contributed by atoms with E-state index >= 15 is 0 Å². The number of aliphatic hydroxyl groups excluding tert-OH is 1. The zero-order valence-electron chi connectivity index (χ0n) is 11.7. The zero-order chi connectivity index (χ0) is 16.4. The number of benzene rings is 1. The summed E-state index contributed by atoms with van der Waals surface area (Å²) in [6.07, 6.45) is 0.421. The molecule has 0 amide bonds. The van der Waals surface area contributed by atoms with Crippen molar-refractivity contribution in [1.82, 2.24) is 9.55 Å². The molecular weight excluding hydrogens is 326 g/mol. The summed E-state index contributed by atoms with van der Waals surface area (Å²) < 4.78 is 29.8. The van der Waals surface area contributed by atoms with E-state index in [2.05, 4.69) is 9.72 Å². The smallest absolute Gasteiger partial charge is 0.387 e. The third-order valence-electron chi connectivity index (χ3n) is 3.31. The van der Waals surface area contributed by atoms with Crippen molar-refractivity contribution in [1.29, 1.82) is 0 Å². The minimum atomic E-state index is -2.90. The average Bonchev–Trinajstić information content (AvgIpc) is 2.99. The number of halogens is 2. The molecule has 2 aromatic heterocycles. The van der Waals surface area contributed by atoms with Gasteiger partial charge in [0.25, 0.3) is 5.56 Å². The molecule has 1 aromatic carbocycles. The van der Waals surface area contributed by atoms with Crippen LogP contribution in [0.4, 0.5) is 8.78 Å². The van der Waals surface area contributed by atoms with E-state index in [4.69, 9.17) is 0 Å². The normalized spacial score (nSPS) is 12.7. The fourth-order valence-electron chi connectivity index (χ4n) is 2.19. The summed E-state index contributed by atoms with van der Waals surface area (Å²) in [6, 6.07) is 7.32. The first-order chi connectivity index (χ1) is 11.0. The Bertz CT molecular complexity index is 861. The second kappa shape index (κ2) is 6.43. The molecule has 0 aliphatic rings. The molecule has 0 radical (unpaired) electrons. The lowest BCUT2D eigenvalue weighted by Crippen LogP contribution is -2.23. The van der Waals surface area contributed by atoms with Crippen LogP contribution < -0.4 is 10.3 Å². The molecule has 3 aromatic rings. The van der Waals surface area contributed by atoms with Gasteiger partial charge in [-0.15, -0.1) is 11.3 Å². The number of nitrogens with zero attached hydrogens (tertiary/aromatic N) is 2. The van der Waals surface area contributed by atoms with E-state index in [1.165, 1.54) is 46.5 Å². The summed E-state index contributed by atoms with van der Waals surface area (Å²) in [4.78, 5) is 17.1. The summed E-state index contributed by atoms with van der Waals surface area (Å²) in [7, 11) is 0. The minimum Gasteiger partial charge on any atom is -0.435 e. The van der Waals surface area contributed by atoms with Crippen LogP contribution >= 0.6 is 11.3 Å². The fourth-order valence-corrected chi connectivity index (χ4v) is 2.91. The van der Waals surface area contributed by atoms with Gasteiger partial charge in [-0.25, -0.2) is 4.98 Å².